The molecule has 16 heavy (non-hydrogen) atoms. The van der Waals surface area contributed by atoms with E-state index in [4.69, 9.17) is 0 Å². The molecule has 2 heteroatoms. The highest BCUT2D eigenvalue weighted by atomic mass is 16.3. The van der Waals surface area contributed by atoms with Gasteiger partial charge in [-0.2, -0.15) is 0 Å². The minimum Gasteiger partial charge on any atom is -0.508 e. The van der Waals surface area contributed by atoms with Crippen molar-refractivity contribution >= 4 is 5.69 Å². The van der Waals surface area contributed by atoms with Crippen LogP contribution in [0.25, 0.3) is 0 Å². The third-order valence-electron chi connectivity index (χ3n) is 3.71. The summed E-state index contributed by atoms with van der Waals surface area (Å²) >= 11 is 0. The summed E-state index contributed by atoms with van der Waals surface area (Å²) in [5.74, 6) is 0.386. The summed E-state index contributed by atoms with van der Waals surface area (Å²) in [4.78, 5) is 2.30. The Hall–Kier alpha value is -1.18. The molecule has 1 atom stereocenters. The van der Waals surface area contributed by atoms with Gasteiger partial charge in [0.15, 0.2) is 0 Å². The number of hydrogen-bond donors (Lipinski definition) is 1. The molecule has 1 aliphatic rings. The van der Waals surface area contributed by atoms with Crippen LogP contribution in [0.4, 0.5) is 5.69 Å². The van der Waals surface area contributed by atoms with Crippen LogP contribution < -0.4 is 4.90 Å². The van der Waals surface area contributed by atoms with Crippen molar-refractivity contribution in [3.8, 4) is 5.75 Å². The first-order chi connectivity index (χ1) is 7.57. The molecule has 1 aromatic rings. The topological polar surface area (TPSA) is 23.5 Å². The van der Waals surface area contributed by atoms with Crippen molar-refractivity contribution in [3.05, 3.63) is 23.8 Å². The Morgan fingerprint density at radius 1 is 1.44 bits per heavy atom. The van der Waals surface area contributed by atoms with Crippen LogP contribution in [-0.4, -0.2) is 18.7 Å². The molecule has 0 saturated carbocycles. The third kappa shape index (κ3) is 1.77. The molecule has 2 nitrogen and oxygen atoms in total. The van der Waals surface area contributed by atoms with Gasteiger partial charge in [-0.3, -0.25) is 0 Å². The van der Waals surface area contributed by atoms with Gasteiger partial charge in [-0.25, -0.2) is 0 Å². The van der Waals surface area contributed by atoms with Crippen molar-refractivity contribution in [3.63, 3.8) is 0 Å². The van der Waals surface area contributed by atoms with Crippen LogP contribution in [-0.2, 0) is 5.41 Å². The summed E-state index contributed by atoms with van der Waals surface area (Å²) in [7, 11) is 2.13. The zero-order chi connectivity index (χ0) is 11.8. The van der Waals surface area contributed by atoms with Crippen molar-refractivity contribution in [2.45, 2.75) is 38.5 Å². The highest BCUT2D eigenvalue weighted by Crippen LogP contribution is 2.44. The van der Waals surface area contributed by atoms with E-state index >= 15 is 0 Å². The summed E-state index contributed by atoms with van der Waals surface area (Å²) in [6.45, 7) is 5.60. The maximum absolute atomic E-state index is 9.62. The lowest BCUT2D eigenvalue weighted by Crippen LogP contribution is -2.28. The normalized spacial score (nSPS) is 23.6. The zero-order valence-electron chi connectivity index (χ0n) is 10.5. The fourth-order valence-corrected chi connectivity index (χ4v) is 2.81. The van der Waals surface area contributed by atoms with E-state index in [9.17, 15) is 5.11 Å². The molecular formula is C14H21NO. The van der Waals surface area contributed by atoms with Gasteiger partial charge in [-0.05, 0) is 30.2 Å². The molecule has 0 amide bonds. The number of aromatic hydroxyl groups is 1. The first-order valence-corrected chi connectivity index (χ1v) is 6.11. The van der Waals surface area contributed by atoms with Gasteiger partial charge in [0.1, 0.15) is 5.75 Å². The quantitative estimate of drug-likeness (QED) is 0.843. The second-order valence-corrected chi connectivity index (χ2v) is 5.22. The predicted octanol–water partition coefficient (Wildman–Crippen LogP) is 3.29. The van der Waals surface area contributed by atoms with Crippen LogP contribution in [0.5, 0.6) is 5.75 Å². The molecule has 0 aromatic heterocycles. The van der Waals surface area contributed by atoms with Crippen LogP contribution in [0.15, 0.2) is 18.2 Å². The molecule has 1 aliphatic heterocycles. The molecule has 0 spiro atoms. The van der Waals surface area contributed by atoms with E-state index in [1.807, 2.05) is 12.1 Å². The SMILES string of the molecule is CCCCC1(C)CN(C)c2ccc(O)cc21. The van der Waals surface area contributed by atoms with Crippen molar-refractivity contribution in [2.75, 3.05) is 18.5 Å². The van der Waals surface area contributed by atoms with Gasteiger partial charge in [-0.15, -0.1) is 0 Å². The molecule has 1 aromatic carbocycles. The highest BCUT2D eigenvalue weighted by molar-refractivity contribution is 5.63. The number of likely N-dealkylation sites (N-methyl/N-ethyl adjacent to an activating group) is 1. The number of nitrogens with zero attached hydrogens (tertiary/aromatic N) is 1. The van der Waals surface area contributed by atoms with E-state index in [1.54, 1.807) is 6.07 Å². The maximum Gasteiger partial charge on any atom is 0.116 e. The van der Waals surface area contributed by atoms with E-state index in [2.05, 4.69) is 25.8 Å². The van der Waals surface area contributed by atoms with E-state index < -0.39 is 0 Å². The van der Waals surface area contributed by atoms with Gasteiger partial charge in [0, 0.05) is 24.7 Å². The largest absolute Gasteiger partial charge is 0.508 e. The molecule has 88 valence electrons. The van der Waals surface area contributed by atoms with Gasteiger partial charge in [0.25, 0.3) is 0 Å². The molecule has 0 saturated heterocycles. The first kappa shape index (κ1) is 11.3. The van der Waals surface area contributed by atoms with Gasteiger partial charge in [0.05, 0.1) is 0 Å². The van der Waals surface area contributed by atoms with Crippen LogP contribution >= 0.6 is 0 Å². The number of rotatable bonds is 3. The van der Waals surface area contributed by atoms with Gasteiger partial charge in [0.2, 0.25) is 0 Å². The first-order valence-electron chi connectivity index (χ1n) is 6.11. The Balaban J connectivity index is 2.36. The lowest BCUT2D eigenvalue weighted by atomic mass is 9.80. The maximum atomic E-state index is 9.62. The molecular weight excluding hydrogens is 198 g/mol. The Labute approximate surface area is 97.9 Å². The summed E-state index contributed by atoms with van der Waals surface area (Å²) in [6, 6.07) is 5.75. The van der Waals surface area contributed by atoms with Crippen molar-refractivity contribution in [2.24, 2.45) is 0 Å². The lowest BCUT2D eigenvalue weighted by molar-refractivity contribution is 0.437. The van der Waals surface area contributed by atoms with Crippen LogP contribution in [0, 0.1) is 0 Å². The van der Waals surface area contributed by atoms with E-state index in [0.29, 0.717) is 5.75 Å². The van der Waals surface area contributed by atoms with Crippen LogP contribution in [0.3, 0.4) is 0 Å². The summed E-state index contributed by atoms with van der Waals surface area (Å²) in [6.07, 6.45) is 3.68. The molecule has 1 heterocycles. The van der Waals surface area contributed by atoms with E-state index in [0.717, 1.165) is 6.54 Å². The van der Waals surface area contributed by atoms with E-state index in [-0.39, 0.29) is 5.41 Å². The minimum atomic E-state index is 0.207. The van der Waals surface area contributed by atoms with Crippen molar-refractivity contribution < 1.29 is 5.11 Å². The average molecular weight is 219 g/mol. The smallest absolute Gasteiger partial charge is 0.116 e. The van der Waals surface area contributed by atoms with Gasteiger partial charge in [-0.1, -0.05) is 26.7 Å². The molecule has 2 rings (SSSR count). The summed E-state index contributed by atoms with van der Waals surface area (Å²) < 4.78 is 0. The Bertz CT molecular complexity index is 388. The number of phenols is 1. The Morgan fingerprint density at radius 3 is 2.88 bits per heavy atom. The van der Waals surface area contributed by atoms with Crippen molar-refractivity contribution in [1.82, 2.24) is 0 Å². The molecule has 1 N–H and O–H groups in total. The molecule has 0 bridgehead atoms. The number of unbranched alkanes of at least 4 members (excludes halogenated alkanes) is 1. The standard InChI is InChI=1S/C14H21NO/c1-4-5-8-14(2)10-15(3)13-7-6-11(16)9-12(13)14/h6-7,9,16H,4-5,8,10H2,1-3H3. The number of hydrogen-bond acceptors (Lipinski definition) is 2. The third-order valence-corrected chi connectivity index (χ3v) is 3.71. The second-order valence-electron chi connectivity index (χ2n) is 5.22. The number of anilines is 1. The lowest BCUT2D eigenvalue weighted by Gasteiger charge is -2.25. The minimum absolute atomic E-state index is 0.207. The number of phenolic OH excluding ortho intramolecular Hbond substituents is 1. The van der Waals surface area contributed by atoms with Crippen LogP contribution in [0.1, 0.15) is 38.7 Å². The number of fused-ring (bicyclic) bond motifs is 1. The molecule has 0 radical (unpaired) electrons. The molecule has 0 fully saturated rings. The fourth-order valence-electron chi connectivity index (χ4n) is 2.81. The average Bonchev–Trinajstić information content (AvgIpc) is 2.49. The summed E-state index contributed by atoms with van der Waals surface area (Å²) in [5, 5.41) is 9.62. The Kier molecular flexibility index (Phi) is 2.83. The molecule has 1 unspecified atom stereocenters. The zero-order valence-corrected chi connectivity index (χ0v) is 10.5. The fraction of sp³-hybridized carbons (Fsp3) is 0.571. The second kappa shape index (κ2) is 4.00. The number of benzene rings is 1. The highest BCUT2D eigenvalue weighted by Gasteiger charge is 2.36. The Morgan fingerprint density at radius 2 is 2.19 bits per heavy atom. The molecule has 0 aliphatic carbocycles. The van der Waals surface area contributed by atoms with Crippen LogP contribution in [0.2, 0.25) is 0 Å². The predicted molar refractivity (Wildman–Crippen MR) is 68.3 cm³/mol. The van der Waals surface area contributed by atoms with Gasteiger partial charge >= 0.3 is 0 Å². The summed E-state index contributed by atoms with van der Waals surface area (Å²) in [5.41, 5.74) is 2.79. The van der Waals surface area contributed by atoms with Gasteiger partial charge < -0.3 is 10.0 Å². The van der Waals surface area contributed by atoms with Crippen molar-refractivity contribution in [1.29, 1.82) is 0 Å². The van der Waals surface area contributed by atoms with E-state index in [1.165, 1.54) is 30.5 Å². The monoisotopic (exact) mass is 219 g/mol.